The van der Waals surface area contributed by atoms with E-state index in [4.69, 9.17) is 13.9 Å². The van der Waals surface area contributed by atoms with E-state index in [0.29, 0.717) is 12.3 Å². The number of ether oxygens (including phenoxy) is 2. The Hall–Kier alpha value is -3.53. The zero-order valence-corrected chi connectivity index (χ0v) is 14.0. The van der Waals surface area contributed by atoms with Gasteiger partial charge in [0, 0.05) is 6.54 Å². The number of halogens is 1. The number of hydrogen-bond donors (Lipinski definition) is 1. The molecular weight excluding hydrogens is 337 g/mol. The third-order valence-corrected chi connectivity index (χ3v) is 3.57. The van der Waals surface area contributed by atoms with E-state index in [1.807, 2.05) is 6.07 Å². The largest absolute Gasteiger partial charge is 0.497 e. The number of hydrogen-bond acceptors (Lipinski definition) is 6. The summed E-state index contributed by atoms with van der Waals surface area (Å²) in [6.45, 7) is 0.460. The molecule has 0 atom stereocenters. The van der Waals surface area contributed by atoms with Crippen molar-refractivity contribution >= 4 is 5.88 Å². The summed E-state index contributed by atoms with van der Waals surface area (Å²) in [5, 5.41) is 12.2. The van der Waals surface area contributed by atoms with Crippen LogP contribution in [0.3, 0.4) is 0 Å². The fourth-order valence-corrected chi connectivity index (χ4v) is 2.22. The van der Waals surface area contributed by atoms with Crippen molar-refractivity contribution < 1.29 is 18.3 Å². The van der Waals surface area contributed by atoms with E-state index >= 15 is 0 Å². The molecule has 1 N–H and O–H groups in total. The Kier molecular flexibility index (Phi) is 5.34. The number of benzene rings is 2. The number of methoxy groups -OCH3 is 1. The Bertz CT molecular complexity index is 899. The van der Waals surface area contributed by atoms with Crippen molar-refractivity contribution in [1.82, 2.24) is 4.98 Å². The van der Waals surface area contributed by atoms with Crippen LogP contribution in [0, 0.1) is 17.1 Å². The zero-order chi connectivity index (χ0) is 18.4. The minimum Gasteiger partial charge on any atom is -0.497 e. The summed E-state index contributed by atoms with van der Waals surface area (Å²) in [6, 6.07) is 15.1. The van der Waals surface area contributed by atoms with Gasteiger partial charge in [-0.1, -0.05) is 12.1 Å². The molecule has 3 aromatic rings. The highest BCUT2D eigenvalue weighted by Gasteiger charge is 2.13. The van der Waals surface area contributed by atoms with Crippen LogP contribution in [-0.4, -0.2) is 12.1 Å². The number of nitrogens with one attached hydrogen (secondary N) is 1. The molecule has 1 heterocycles. The molecule has 7 heteroatoms. The maximum atomic E-state index is 12.9. The number of nitrogens with zero attached hydrogens (tertiary/aromatic N) is 2. The van der Waals surface area contributed by atoms with Gasteiger partial charge in [0.25, 0.3) is 0 Å². The molecule has 0 amide bonds. The van der Waals surface area contributed by atoms with Gasteiger partial charge in [-0.05, 0) is 42.0 Å². The Labute approximate surface area is 149 Å². The highest BCUT2D eigenvalue weighted by atomic mass is 19.1. The molecular formula is C19H16FN3O3. The molecule has 0 saturated carbocycles. The van der Waals surface area contributed by atoms with Crippen molar-refractivity contribution in [2.45, 2.75) is 13.2 Å². The van der Waals surface area contributed by atoms with Gasteiger partial charge in [-0.3, -0.25) is 0 Å². The van der Waals surface area contributed by atoms with Crippen molar-refractivity contribution in [2.24, 2.45) is 0 Å². The van der Waals surface area contributed by atoms with Crippen LogP contribution < -0.4 is 14.8 Å². The first-order valence-corrected chi connectivity index (χ1v) is 7.83. The van der Waals surface area contributed by atoms with Gasteiger partial charge in [-0.2, -0.15) is 10.2 Å². The average Bonchev–Trinajstić information content (AvgIpc) is 3.08. The maximum Gasteiger partial charge on any atom is 0.236 e. The maximum absolute atomic E-state index is 12.9. The zero-order valence-electron chi connectivity index (χ0n) is 14.0. The van der Waals surface area contributed by atoms with Crippen LogP contribution in [0.1, 0.15) is 17.1 Å². The number of aromatic nitrogens is 1. The predicted octanol–water partition coefficient (Wildman–Crippen LogP) is 3.89. The molecule has 0 aliphatic heterocycles. The lowest BCUT2D eigenvalue weighted by Gasteiger charge is -2.05. The van der Waals surface area contributed by atoms with E-state index in [9.17, 15) is 9.65 Å². The smallest absolute Gasteiger partial charge is 0.236 e. The minimum absolute atomic E-state index is 0.0826. The third kappa shape index (κ3) is 4.30. The third-order valence-electron chi connectivity index (χ3n) is 3.57. The average molecular weight is 353 g/mol. The summed E-state index contributed by atoms with van der Waals surface area (Å²) in [5.74, 6) is 1.59. The first kappa shape index (κ1) is 17.3. The quantitative estimate of drug-likeness (QED) is 0.694. The minimum atomic E-state index is -0.302. The standard InChI is InChI=1S/C19H16FN3O3/c1-24-15-6-8-16(9-7-15)25-12-18-23-17(10-21)19(26-18)22-11-13-2-4-14(20)5-3-13/h2-9,22H,11-12H2,1H3. The highest BCUT2D eigenvalue weighted by molar-refractivity contribution is 5.45. The molecule has 3 rings (SSSR count). The predicted molar refractivity (Wildman–Crippen MR) is 92.3 cm³/mol. The Morgan fingerprint density at radius 1 is 1.12 bits per heavy atom. The molecule has 6 nitrogen and oxygen atoms in total. The van der Waals surface area contributed by atoms with Crippen LogP contribution in [-0.2, 0) is 13.2 Å². The lowest BCUT2D eigenvalue weighted by atomic mass is 10.2. The van der Waals surface area contributed by atoms with Gasteiger partial charge in [-0.25, -0.2) is 4.39 Å². The Morgan fingerprint density at radius 2 is 1.81 bits per heavy atom. The van der Waals surface area contributed by atoms with Crippen molar-refractivity contribution in [2.75, 3.05) is 12.4 Å². The number of oxazole rings is 1. The van der Waals surface area contributed by atoms with E-state index in [2.05, 4.69) is 10.3 Å². The Balaban J connectivity index is 1.62. The van der Waals surface area contributed by atoms with Crippen LogP contribution in [0.2, 0.25) is 0 Å². The topological polar surface area (TPSA) is 80.3 Å². The summed E-state index contributed by atoms with van der Waals surface area (Å²) >= 11 is 0. The molecule has 26 heavy (non-hydrogen) atoms. The van der Waals surface area contributed by atoms with E-state index < -0.39 is 0 Å². The molecule has 0 aliphatic carbocycles. The van der Waals surface area contributed by atoms with E-state index in [-0.39, 0.29) is 29.9 Å². The fraction of sp³-hybridized carbons (Fsp3) is 0.158. The van der Waals surface area contributed by atoms with Gasteiger partial charge in [0.1, 0.15) is 23.4 Å². The van der Waals surface area contributed by atoms with Gasteiger partial charge in [-0.15, -0.1) is 0 Å². The second-order valence-corrected chi connectivity index (χ2v) is 5.34. The summed E-state index contributed by atoms with van der Waals surface area (Å²) in [4.78, 5) is 4.10. The molecule has 0 aliphatic rings. The molecule has 0 bridgehead atoms. The van der Waals surface area contributed by atoms with Crippen molar-refractivity contribution in [3.8, 4) is 17.6 Å². The van der Waals surface area contributed by atoms with E-state index in [1.165, 1.54) is 12.1 Å². The van der Waals surface area contributed by atoms with Crippen LogP contribution in [0.5, 0.6) is 11.5 Å². The fourth-order valence-electron chi connectivity index (χ4n) is 2.22. The number of rotatable bonds is 7. The first-order valence-electron chi connectivity index (χ1n) is 7.83. The van der Waals surface area contributed by atoms with Crippen molar-refractivity contribution in [3.05, 3.63) is 71.5 Å². The van der Waals surface area contributed by atoms with E-state index in [0.717, 1.165) is 11.3 Å². The normalized spacial score (nSPS) is 10.2. The Morgan fingerprint density at radius 3 is 2.46 bits per heavy atom. The second-order valence-electron chi connectivity index (χ2n) is 5.34. The number of nitriles is 1. The summed E-state index contributed by atoms with van der Waals surface area (Å²) in [5.41, 5.74) is 0.989. The molecule has 132 valence electrons. The summed E-state index contributed by atoms with van der Waals surface area (Å²) < 4.78 is 29.1. The SMILES string of the molecule is COc1ccc(OCc2nc(C#N)c(NCc3ccc(F)cc3)o2)cc1. The molecule has 0 fully saturated rings. The molecule has 0 unspecified atom stereocenters. The summed E-state index contributed by atoms with van der Waals surface area (Å²) in [6.07, 6.45) is 0. The van der Waals surface area contributed by atoms with Gasteiger partial charge in [0.2, 0.25) is 17.5 Å². The lowest BCUT2D eigenvalue weighted by Crippen LogP contribution is -1.99. The molecule has 0 radical (unpaired) electrons. The van der Waals surface area contributed by atoms with E-state index in [1.54, 1.807) is 43.5 Å². The van der Waals surface area contributed by atoms with Crippen LogP contribution in [0.25, 0.3) is 0 Å². The summed E-state index contributed by atoms with van der Waals surface area (Å²) in [7, 11) is 1.59. The lowest BCUT2D eigenvalue weighted by molar-refractivity contribution is 0.264. The van der Waals surface area contributed by atoms with Crippen LogP contribution >= 0.6 is 0 Å². The molecule has 0 spiro atoms. The van der Waals surface area contributed by atoms with Gasteiger partial charge in [0.05, 0.1) is 7.11 Å². The highest BCUT2D eigenvalue weighted by Crippen LogP contribution is 2.21. The molecule has 2 aromatic carbocycles. The monoisotopic (exact) mass is 353 g/mol. The van der Waals surface area contributed by atoms with Gasteiger partial charge in [0.15, 0.2) is 6.61 Å². The van der Waals surface area contributed by atoms with Crippen molar-refractivity contribution in [1.29, 1.82) is 5.26 Å². The van der Waals surface area contributed by atoms with Crippen LogP contribution in [0.15, 0.2) is 52.9 Å². The molecule has 0 saturated heterocycles. The van der Waals surface area contributed by atoms with Crippen LogP contribution in [0.4, 0.5) is 10.3 Å². The van der Waals surface area contributed by atoms with Gasteiger partial charge < -0.3 is 19.2 Å². The van der Waals surface area contributed by atoms with Gasteiger partial charge >= 0.3 is 0 Å². The first-order chi connectivity index (χ1) is 12.7. The second kappa shape index (κ2) is 8.03. The number of anilines is 1. The molecule has 1 aromatic heterocycles. The van der Waals surface area contributed by atoms with Crippen molar-refractivity contribution in [3.63, 3.8) is 0 Å².